The summed E-state index contributed by atoms with van der Waals surface area (Å²) in [6.45, 7) is 2.20. The highest BCUT2D eigenvalue weighted by Gasteiger charge is 2.22. The number of aryl methyl sites for hydroxylation is 1. The lowest BCUT2D eigenvalue weighted by Gasteiger charge is -2.09. The molecule has 8 heteroatoms. The van der Waals surface area contributed by atoms with Gasteiger partial charge in [0.25, 0.3) is 5.56 Å². The number of H-pyrrole nitrogens is 2. The van der Waals surface area contributed by atoms with E-state index in [1.807, 2.05) is 36.4 Å². The third-order valence-corrected chi connectivity index (χ3v) is 5.90. The molecule has 0 bridgehead atoms. The largest absolute Gasteiger partial charge is 0.369 e. The van der Waals surface area contributed by atoms with Crippen LogP contribution in [0.15, 0.2) is 64.4 Å². The van der Waals surface area contributed by atoms with Crippen LogP contribution in [-0.4, -0.2) is 19.3 Å². The summed E-state index contributed by atoms with van der Waals surface area (Å²) in [5, 5.41) is 4.26. The number of nitrogens with one attached hydrogen (secondary N) is 2. The zero-order valence-corrected chi connectivity index (χ0v) is 15.8. The highest BCUT2D eigenvalue weighted by molar-refractivity contribution is 7.20. The van der Waals surface area contributed by atoms with Gasteiger partial charge in [-0.1, -0.05) is 16.8 Å². The van der Waals surface area contributed by atoms with Crippen molar-refractivity contribution >= 4 is 32.5 Å². The van der Waals surface area contributed by atoms with Crippen LogP contribution in [0.3, 0.4) is 0 Å². The van der Waals surface area contributed by atoms with Crippen LogP contribution >= 0.6 is 11.3 Å². The van der Waals surface area contributed by atoms with Crippen LogP contribution in [0.1, 0.15) is 11.3 Å². The van der Waals surface area contributed by atoms with Crippen LogP contribution in [0, 0.1) is 6.92 Å². The molecule has 0 atom stereocenters. The van der Waals surface area contributed by atoms with E-state index in [-0.39, 0.29) is 11.1 Å². The standard InChI is InChI=1S/C20H15N5O2S/c1-12-18-15(10-17(26)24(12)11-13-6-8-21-9-7-13)23-25(19(18)27)20-22-14-4-2-3-5-16(14)28-20/h2-10,23H,11H2,1H3/p+1. The number of aromatic nitrogens is 5. The summed E-state index contributed by atoms with van der Waals surface area (Å²) >= 11 is 1.48. The monoisotopic (exact) mass is 390 g/mol. The molecule has 0 radical (unpaired) electrons. The van der Waals surface area contributed by atoms with Crippen LogP contribution in [0.5, 0.6) is 0 Å². The normalized spacial score (nSPS) is 11.5. The Hall–Kier alpha value is -3.52. The van der Waals surface area contributed by atoms with E-state index in [1.54, 1.807) is 23.9 Å². The van der Waals surface area contributed by atoms with E-state index in [0.717, 1.165) is 15.8 Å². The van der Waals surface area contributed by atoms with Crippen molar-refractivity contribution < 1.29 is 4.98 Å². The maximum absolute atomic E-state index is 13.1. The number of fused-ring (bicyclic) bond motifs is 2. The maximum Gasteiger partial charge on any atom is 0.369 e. The Morgan fingerprint density at radius 3 is 2.71 bits per heavy atom. The Bertz CT molecular complexity index is 1410. The number of hydrogen-bond donors (Lipinski definition) is 1. The van der Waals surface area contributed by atoms with Gasteiger partial charge in [0.15, 0.2) is 0 Å². The van der Waals surface area contributed by atoms with Crippen molar-refractivity contribution in [3.05, 3.63) is 86.8 Å². The minimum Gasteiger partial charge on any atom is -0.307 e. The molecule has 5 rings (SSSR count). The van der Waals surface area contributed by atoms with Gasteiger partial charge in [0.1, 0.15) is 10.9 Å². The van der Waals surface area contributed by atoms with Gasteiger partial charge in [-0.2, -0.15) is 0 Å². The van der Waals surface area contributed by atoms with Gasteiger partial charge in [-0.25, -0.2) is 14.9 Å². The van der Waals surface area contributed by atoms with E-state index in [0.29, 0.717) is 28.3 Å². The molecule has 138 valence electrons. The fourth-order valence-electron chi connectivity index (χ4n) is 3.43. The lowest BCUT2D eigenvalue weighted by atomic mass is 10.2. The Morgan fingerprint density at radius 1 is 1.14 bits per heavy atom. The van der Waals surface area contributed by atoms with Gasteiger partial charge >= 0.3 is 10.7 Å². The Labute approximate surface area is 162 Å². The summed E-state index contributed by atoms with van der Waals surface area (Å²) in [5.41, 5.74) is 2.74. The average Bonchev–Trinajstić information content (AvgIpc) is 3.27. The van der Waals surface area contributed by atoms with Crippen molar-refractivity contribution in [2.24, 2.45) is 0 Å². The first-order chi connectivity index (χ1) is 13.6. The molecule has 5 aromatic rings. The van der Waals surface area contributed by atoms with E-state index >= 15 is 0 Å². The van der Waals surface area contributed by atoms with Gasteiger partial charge < -0.3 is 4.57 Å². The van der Waals surface area contributed by atoms with Crippen LogP contribution in [0.4, 0.5) is 0 Å². The highest BCUT2D eigenvalue weighted by atomic mass is 32.1. The van der Waals surface area contributed by atoms with Crippen molar-refractivity contribution in [2.45, 2.75) is 13.5 Å². The number of rotatable bonds is 3. The molecule has 2 N–H and O–H groups in total. The third kappa shape index (κ3) is 2.57. The topological polar surface area (TPSA) is 86.8 Å². The molecule has 0 unspecified atom stereocenters. The molecule has 0 spiro atoms. The number of nitrogens with zero attached hydrogens (tertiary/aromatic N) is 3. The number of benzene rings is 1. The quantitative estimate of drug-likeness (QED) is 0.513. The molecule has 0 aliphatic heterocycles. The van der Waals surface area contributed by atoms with Crippen LogP contribution in [-0.2, 0) is 6.54 Å². The van der Waals surface area contributed by atoms with Crippen molar-refractivity contribution in [3.63, 3.8) is 0 Å². The Morgan fingerprint density at radius 2 is 1.93 bits per heavy atom. The molecule has 0 fully saturated rings. The van der Waals surface area contributed by atoms with Crippen molar-refractivity contribution in [1.29, 1.82) is 0 Å². The number of thiazole rings is 1. The summed E-state index contributed by atoms with van der Waals surface area (Å²) in [6.07, 6.45) is 3.38. The number of para-hydroxylation sites is 1. The zero-order valence-electron chi connectivity index (χ0n) is 15.0. The summed E-state index contributed by atoms with van der Waals surface area (Å²) in [6, 6.07) is 13.1. The molecule has 4 heterocycles. The first-order valence-electron chi connectivity index (χ1n) is 8.77. The Balaban J connectivity index is 1.70. The predicted octanol–water partition coefficient (Wildman–Crippen LogP) is 2.26. The van der Waals surface area contributed by atoms with Crippen LogP contribution < -0.4 is 16.1 Å². The number of pyridine rings is 2. The van der Waals surface area contributed by atoms with Gasteiger partial charge in [-0.3, -0.25) is 9.78 Å². The van der Waals surface area contributed by atoms with Gasteiger partial charge in [0.2, 0.25) is 0 Å². The SMILES string of the molecule is Cc1c2c(=O)n(-c3[nH+]c4ccccc4s3)[nH]c2cc(=O)n1Cc1ccncc1. The lowest BCUT2D eigenvalue weighted by Crippen LogP contribution is -2.24. The first kappa shape index (κ1) is 16.6. The molecule has 0 aliphatic carbocycles. The van der Waals surface area contributed by atoms with E-state index in [1.165, 1.54) is 22.1 Å². The summed E-state index contributed by atoms with van der Waals surface area (Å²) in [5.74, 6) is 0. The van der Waals surface area contributed by atoms with E-state index in [2.05, 4.69) is 15.1 Å². The predicted molar refractivity (Wildman–Crippen MR) is 108 cm³/mol. The average molecular weight is 390 g/mol. The van der Waals surface area contributed by atoms with Crippen molar-refractivity contribution in [3.8, 4) is 5.13 Å². The molecular formula is C20H16N5O2S+. The van der Waals surface area contributed by atoms with Gasteiger partial charge in [0.05, 0.1) is 16.8 Å². The smallest absolute Gasteiger partial charge is 0.307 e. The summed E-state index contributed by atoms with van der Waals surface area (Å²) < 4.78 is 4.14. The van der Waals surface area contributed by atoms with E-state index in [9.17, 15) is 9.59 Å². The molecule has 0 saturated carbocycles. The van der Waals surface area contributed by atoms with E-state index < -0.39 is 0 Å². The molecule has 0 amide bonds. The molecular weight excluding hydrogens is 374 g/mol. The number of hydrogen-bond acceptors (Lipinski definition) is 4. The molecule has 28 heavy (non-hydrogen) atoms. The second kappa shape index (κ2) is 6.28. The maximum atomic E-state index is 13.1. The van der Waals surface area contributed by atoms with Gasteiger partial charge in [-0.05, 0) is 48.1 Å². The zero-order chi connectivity index (χ0) is 19.3. The fourth-order valence-corrected chi connectivity index (χ4v) is 4.39. The lowest BCUT2D eigenvalue weighted by molar-refractivity contribution is -0.334. The molecule has 7 nitrogen and oxygen atoms in total. The minimum absolute atomic E-state index is 0.157. The Kier molecular flexibility index (Phi) is 3.73. The molecule has 4 aromatic heterocycles. The third-order valence-electron chi connectivity index (χ3n) is 4.85. The fraction of sp³-hybridized carbons (Fsp3) is 0.100. The van der Waals surface area contributed by atoms with Crippen molar-refractivity contribution in [1.82, 2.24) is 19.3 Å². The minimum atomic E-state index is -0.182. The molecule has 1 aromatic carbocycles. The van der Waals surface area contributed by atoms with Gasteiger partial charge in [-0.15, -0.1) is 0 Å². The highest BCUT2D eigenvalue weighted by Crippen LogP contribution is 2.21. The second-order valence-corrected chi connectivity index (χ2v) is 7.61. The van der Waals surface area contributed by atoms with Crippen LogP contribution in [0.25, 0.3) is 26.3 Å². The molecule has 0 saturated heterocycles. The van der Waals surface area contributed by atoms with Crippen molar-refractivity contribution in [2.75, 3.05) is 0 Å². The van der Waals surface area contributed by atoms with Crippen LogP contribution in [0.2, 0.25) is 0 Å². The number of aromatic amines is 2. The second-order valence-electron chi connectivity index (χ2n) is 6.58. The summed E-state index contributed by atoms with van der Waals surface area (Å²) in [7, 11) is 0. The first-order valence-corrected chi connectivity index (χ1v) is 9.59. The van der Waals surface area contributed by atoms with Gasteiger partial charge in [0, 0.05) is 24.2 Å². The van der Waals surface area contributed by atoms with E-state index in [4.69, 9.17) is 0 Å². The molecule has 0 aliphatic rings. The summed E-state index contributed by atoms with van der Waals surface area (Å²) in [4.78, 5) is 33.1.